The molecule has 0 saturated carbocycles. The number of nitrogens with zero attached hydrogens (tertiary/aromatic N) is 1. The van der Waals surface area contributed by atoms with Crippen LogP contribution in [0.15, 0.2) is 77.5 Å². The molecule has 0 spiro atoms. The van der Waals surface area contributed by atoms with Gasteiger partial charge in [0.2, 0.25) is 0 Å². The Morgan fingerprint density at radius 3 is 2.31 bits per heavy atom. The quantitative estimate of drug-likeness (QED) is 0.424. The van der Waals surface area contributed by atoms with E-state index in [1.165, 1.54) is 0 Å². The van der Waals surface area contributed by atoms with Crippen LogP contribution >= 0.6 is 23.2 Å². The molecule has 3 aromatic rings. The summed E-state index contributed by atoms with van der Waals surface area (Å²) in [6.45, 7) is 4.24. The Balaban J connectivity index is 1.39. The third-order valence-electron chi connectivity index (χ3n) is 5.94. The zero-order valence-corrected chi connectivity index (χ0v) is 20.7. The molecule has 1 aliphatic rings. The van der Waals surface area contributed by atoms with Crippen molar-refractivity contribution < 1.29 is 14.4 Å². The molecule has 3 amide bonds. The smallest absolute Gasteiger partial charge is 0.278 e. The Morgan fingerprint density at radius 1 is 0.886 bits per heavy atom. The monoisotopic (exact) mass is 507 g/mol. The zero-order chi connectivity index (χ0) is 25.1. The summed E-state index contributed by atoms with van der Waals surface area (Å²) in [5, 5.41) is 6.20. The fourth-order valence-corrected chi connectivity index (χ4v) is 4.13. The van der Waals surface area contributed by atoms with Gasteiger partial charge in [-0.05, 0) is 60.4 Å². The number of imide groups is 1. The summed E-state index contributed by atoms with van der Waals surface area (Å²) in [7, 11) is 0. The number of aryl methyl sites for hydroxylation is 1. The molecule has 0 bridgehead atoms. The first-order chi connectivity index (χ1) is 16.8. The van der Waals surface area contributed by atoms with Crippen molar-refractivity contribution in [1.29, 1.82) is 0 Å². The molecule has 2 N–H and O–H groups in total. The summed E-state index contributed by atoms with van der Waals surface area (Å²) in [5.74, 6) is -1.29. The maximum Gasteiger partial charge on any atom is 0.278 e. The number of carbonyl (C=O) groups is 3. The van der Waals surface area contributed by atoms with E-state index in [4.69, 9.17) is 23.2 Å². The molecule has 4 rings (SSSR count). The Hall–Kier alpha value is -3.61. The first-order valence-corrected chi connectivity index (χ1v) is 11.7. The highest BCUT2D eigenvalue weighted by Crippen LogP contribution is 2.26. The predicted molar refractivity (Wildman–Crippen MR) is 137 cm³/mol. The first-order valence-electron chi connectivity index (χ1n) is 11.0. The molecule has 0 fully saturated rings. The summed E-state index contributed by atoms with van der Waals surface area (Å²) >= 11 is 12.3. The largest absolute Gasteiger partial charge is 0.375 e. The van der Waals surface area contributed by atoms with Crippen molar-refractivity contribution in [2.24, 2.45) is 0 Å². The zero-order valence-electron chi connectivity index (χ0n) is 19.2. The summed E-state index contributed by atoms with van der Waals surface area (Å²) in [6, 6.07) is 19.7. The number of halogens is 2. The molecule has 1 heterocycles. The van der Waals surface area contributed by atoms with Crippen LogP contribution in [0.1, 0.15) is 32.6 Å². The molecule has 0 aromatic heterocycles. The maximum absolute atomic E-state index is 12.8. The van der Waals surface area contributed by atoms with Crippen LogP contribution in [0.25, 0.3) is 0 Å². The second kappa shape index (κ2) is 10.3. The van der Waals surface area contributed by atoms with Crippen molar-refractivity contribution in [3.8, 4) is 0 Å². The maximum atomic E-state index is 12.8. The van der Waals surface area contributed by atoms with Crippen molar-refractivity contribution >= 4 is 46.6 Å². The second-order valence-electron chi connectivity index (χ2n) is 8.23. The Bertz CT molecular complexity index is 1350. The van der Waals surface area contributed by atoms with Gasteiger partial charge in [0.25, 0.3) is 17.7 Å². The Morgan fingerprint density at radius 2 is 1.60 bits per heavy atom. The van der Waals surface area contributed by atoms with Crippen molar-refractivity contribution in [2.45, 2.75) is 26.9 Å². The fraction of sp³-hybridized carbons (Fsp3) is 0.148. The molecule has 6 nitrogen and oxygen atoms in total. The van der Waals surface area contributed by atoms with E-state index in [9.17, 15) is 14.4 Å². The summed E-state index contributed by atoms with van der Waals surface area (Å²) in [6.07, 6.45) is 0. The van der Waals surface area contributed by atoms with Crippen molar-refractivity contribution in [2.75, 3.05) is 5.32 Å². The molecule has 0 atom stereocenters. The molecule has 0 aliphatic carbocycles. The van der Waals surface area contributed by atoms with Gasteiger partial charge in [0.15, 0.2) is 0 Å². The van der Waals surface area contributed by atoms with Crippen LogP contribution in [0, 0.1) is 13.8 Å². The lowest BCUT2D eigenvalue weighted by molar-refractivity contribution is -0.138. The number of hydrogen-bond acceptors (Lipinski definition) is 4. The number of carbonyl (C=O) groups excluding carboxylic acids is 3. The summed E-state index contributed by atoms with van der Waals surface area (Å²) in [4.78, 5) is 39.1. The highest BCUT2D eigenvalue weighted by molar-refractivity contribution is 6.47. The number of benzene rings is 3. The van der Waals surface area contributed by atoms with Crippen LogP contribution in [0.4, 0.5) is 5.69 Å². The van der Waals surface area contributed by atoms with E-state index in [1.807, 2.05) is 32.0 Å². The second-order valence-corrected chi connectivity index (χ2v) is 9.01. The number of rotatable bonds is 7. The Kier molecular flexibility index (Phi) is 7.24. The van der Waals surface area contributed by atoms with E-state index < -0.39 is 11.8 Å². The molecular formula is C27H23Cl2N3O3. The van der Waals surface area contributed by atoms with E-state index in [2.05, 4.69) is 10.6 Å². The lowest BCUT2D eigenvalue weighted by Crippen LogP contribution is -2.33. The minimum Gasteiger partial charge on any atom is -0.375 e. The molecule has 8 heteroatoms. The number of hydrogen-bond donors (Lipinski definition) is 2. The summed E-state index contributed by atoms with van der Waals surface area (Å²) < 4.78 is 0. The highest BCUT2D eigenvalue weighted by Gasteiger charge is 2.37. The Labute approximate surface area is 213 Å². The molecule has 0 saturated heterocycles. The van der Waals surface area contributed by atoms with Gasteiger partial charge in [-0.25, -0.2) is 0 Å². The van der Waals surface area contributed by atoms with Crippen LogP contribution < -0.4 is 10.6 Å². The molecule has 1 aliphatic heterocycles. The van der Waals surface area contributed by atoms with Crippen molar-refractivity contribution in [1.82, 2.24) is 10.2 Å². The molecule has 178 valence electrons. The number of nitrogens with one attached hydrogen (secondary N) is 2. The van der Waals surface area contributed by atoms with Gasteiger partial charge < -0.3 is 10.6 Å². The lowest BCUT2D eigenvalue weighted by atomic mass is 10.1. The van der Waals surface area contributed by atoms with E-state index >= 15 is 0 Å². The van der Waals surface area contributed by atoms with Gasteiger partial charge in [-0.3, -0.25) is 19.3 Å². The normalized spacial score (nSPS) is 13.4. The average molecular weight is 508 g/mol. The predicted octanol–water partition coefficient (Wildman–Crippen LogP) is 5.32. The van der Waals surface area contributed by atoms with Gasteiger partial charge >= 0.3 is 0 Å². The van der Waals surface area contributed by atoms with Crippen LogP contribution in [-0.4, -0.2) is 22.6 Å². The molecule has 0 radical (unpaired) electrons. The minimum atomic E-state index is -0.572. The van der Waals surface area contributed by atoms with Crippen LogP contribution in [-0.2, 0) is 22.7 Å². The van der Waals surface area contributed by atoms with E-state index in [0.717, 1.165) is 27.3 Å². The fourth-order valence-electron chi connectivity index (χ4n) is 3.69. The van der Waals surface area contributed by atoms with Gasteiger partial charge in [0.1, 0.15) is 10.7 Å². The minimum absolute atomic E-state index is 0.0307. The van der Waals surface area contributed by atoms with Gasteiger partial charge in [-0.2, -0.15) is 0 Å². The highest BCUT2D eigenvalue weighted by atomic mass is 35.5. The standard InChI is InChI=1S/C27H23Cl2N3O3/c1-16-6-5-9-22(17(16)2)31-25(33)19-12-10-18(11-13-19)14-30-24-23(29)26(34)32(27(24)35)15-20-7-3-4-8-21(20)28/h3-13,30H,14-15H2,1-2H3,(H,31,33). The lowest BCUT2D eigenvalue weighted by Gasteiger charge is -2.16. The third-order valence-corrected chi connectivity index (χ3v) is 6.66. The van der Waals surface area contributed by atoms with Gasteiger partial charge in [0.05, 0.1) is 6.54 Å². The summed E-state index contributed by atoms with van der Waals surface area (Å²) in [5.41, 5.74) is 4.90. The molecular weight excluding hydrogens is 485 g/mol. The van der Waals surface area contributed by atoms with Gasteiger partial charge in [-0.15, -0.1) is 0 Å². The number of anilines is 1. The molecule has 35 heavy (non-hydrogen) atoms. The topological polar surface area (TPSA) is 78.5 Å². The number of amides is 3. The van der Waals surface area contributed by atoms with E-state index in [0.29, 0.717) is 16.1 Å². The first kappa shape index (κ1) is 24.5. The van der Waals surface area contributed by atoms with Gasteiger partial charge in [0, 0.05) is 22.8 Å². The molecule has 3 aromatic carbocycles. The SMILES string of the molecule is Cc1cccc(NC(=O)c2ccc(CNC3=C(Cl)C(=O)N(Cc4ccccc4Cl)C3=O)cc2)c1C. The van der Waals surface area contributed by atoms with Crippen LogP contribution in [0.2, 0.25) is 5.02 Å². The third kappa shape index (κ3) is 5.24. The van der Waals surface area contributed by atoms with E-state index in [1.54, 1.807) is 48.5 Å². The van der Waals surface area contributed by atoms with Gasteiger partial charge in [-0.1, -0.05) is 65.7 Å². The van der Waals surface area contributed by atoms with Crippen molar-refractivity contribution in [3.63, 3.8) is 0 Å². The molecule has 0 unspecified atom stereocenters. The van der Waals surface area contributed by atoms with Crippen LogP contribution in [0.3, 0.4) is 0 Å². The van der Waals surface area contributed by atoms with Crippen LogP contribution in [0.5, 0.6) is 0 Å². The average Bonchev–Trinajstić information content (AvgIpc) is 3.05. The van der Waals surface area contributed by atoms with E-state index in [-0.39, 0.29) is 29.7 Å². The van der Waals surface area contributed by atoms with Crippen molar-refractivity contribution in [3.05, 3.63) is 110 Å².